The Labute approximate surface area is 146 Å². The third kappa shape index (κ3) is 3.00. The van der Waals surface area contributed by atoms with Crippen molar-refractivity contribution in [1.29, 1.82) is 0 Å². The highest BCUT2D eigenvalue weighted by atomic mass is 35.5. The summed E-state index contributed by atoms with van der Waals surface area (Å²) in [6, 6.07) is 8.11. The van der Waals surface area contributed by atoms with Crippen LogP contribution in [0, 0.1) is 5.92 Å². The second kappa shape index (κ2) is 6.01. The van der Waals surface area contributed by atoms with Gasteiger partial charge in [0.05, 0.1) is 12.6 Å². The molecule has 1 aromatic carbocycles. The van der Waals surface area contributed by atoms with E-state index in [1.807, 2.05) is 23.9 Å². The van der Waals surface area contributed by atoms with E-state index in [1.165, 1.54) is 5.56 Å². The van der Waals surface area contributed by atoms with Crippen molar-refractivity contribution in [2.24, 2.45) is 5.92 Å². The molecule has 0 unspecified atom stereocenters. The number of aliphatic hydroxyl groups excluding tert-OH is 1. The first-order valence-corrected chi connectivity index (χ1v) is 8.85. The molecule has 1 heterocycles. The Balaban J connectivity index is 1.48. The lowest BCUT2D eigenvalue weighted by atomic mass is 9.82. The van der Waals surface area contributed by atoms with Crippen molar-refractivity contribution >= 4 is 17.5 Å². The minimum Gasteiger partial charge on any atom is -0.393 e. The van der Waals surface area contributed by atoms with Crippen molar-refractivity contribution in [3.05, 3.63) is 34.9 Å². The normalized spacial score (nSPS) is 24.5. The van der Waals surface area contributed by atoms with Crippen LogP contribution in [0.1, 0.15) is 31.2 Å². The number of aromatic nitrogens is 4. The van der Waals surface area contributed by atoms with Crippen LogP contribution < -0.4 is 4.90 Å². The van der Waals surface area contributed by atoms with E-state index >= 15 is 0 Å². The molecule has 2 aromatic rings. The van der Waals surface area contributed by atoms with Gasteiger partial charge in [-0.25, -0.2) is 4.68 Å². The van der Waals surface area contributed by atoms with Crippen LogP contribution >= 0.6 is 11.6 Å². The number of hydrogen-bond donors (Lipinski definition) is 1. The Bertz CT molecular complexity index is 723. The third-order valence-corrected chi connectivity index (χ3v) is 5.58. The molecule has 1 aromatic heterocycles. The molecule has 24 heavy (non-hydrogen) atoms. The second-order valence-corrected chi connectivity index (χ2v) is 7.74. The van der Waals surface area contributed by atoms with Crippen LogP contribution in [0.2, 0.25) is 5.02 Å². The van der Waals surface area contributed by atoms with Gasteiger partial charge in [0, 0.05) is 24.0 Å². The largest absolute Gasteiger partial charge is 0.393 e. The lowest BCUT2D eigenvalue weighted by Gasteiger charge is -2.34. The number of nitrogens with zero attached hydrogens (tertiary/aromatic N) is 5. The van der Waals surface area contributed by atoms with Gasteiger partial charge in [-0.1, -0.05) is 28.8 Å². The number of hydrogen-bond acceptors (Lipinski definition) is 5. The molecule has 0 saturated heterocycles. The molecule has 2 fully saturated rings. The van der Waals surface area contributed by atoms with E-state index < -0.39 is 0 Å². The Morgan fingerprint density at radius 1 is 1.38 bits per heavy atom. The Hall–Kier alpha value is -1.66. The molecule has 0 spiro atoms. The molecule has 0 bridgehead atoms. The number of aliphatic hydroxyl groups is 1. The molecule has 7 heteroatoms. The van der Waals surface area contributed by atoms with Crippen LogP contribution in [0.5, 0.6) is 0 Å². The fraction of sp³-hybridized carbons (Fsp3) is 0.588. The average molecular weight is 348 g/mol. The highest BCUT2D eigenvalue weighted by Gasteiger charge is 2.45. The van der Waals surface area contributed by atoms with E-state index in [-0.39, 0.29) is 11.5 Å². The summed E-state index contributed by atoms with van der Waals surface area (Å²) in [7, 11) is 2.02. The molecule has 4 rings (SSSR count). The van der Waals surface area contributed by atoms with Gasteiger partial charge in [-0.3, -0.25) is 0 Å². The zero-order valence-corrected chi connectivity index (χ0v) is 14.5. The Kier molecular flexibility index (Phi) is 3.96. The Morgan fingerprint density at radius 3 is 2.83 bits per heavy atom. The van der Waals surface area contributed by atoms with Gasteiger partial charge in [0.15, 0.2) is 0 Å². The van der Waals surface area contributed by atoms with Crippen LogP contribution in [0.25, 0.3) is 0 Å². The summed E-state index contributed by atoms with van der Waals surface area (Å²) >= 11 is 6.16. The standard InChI is InChI=1S/C17H22ClN5O/c1-22(10-12-7-15(24)8-12)16-19-20-21-23(16)11-17(5-6-17)13-3-2-4-14(18)9-13/h2-4,9,12,15,24H,5-8,10-11H2,1H3. The first-order chi connectivity index (χ1) is 11.6. The summed E-state index contributed by atoms with van der Waals surface area (Å²) < 4.78 is 1.91. The van der Waals surface area contributed by atoms with Crippen molar-refractivity contribution in [1.82, 2.24) is 20.2 Å². The van der Waals surface area contributed by atoms with E-state index in [2.05, 4.69) is 32.6 Å². The molecule has 2 aliphatic carbocycles. The van der Waals surface area contributed by atoms with Gasteiger partial charge in [-0.15, -0.1) is 0 Å². The van der Waals surface area contributed by atoms with Gasteiger partial charge >= 0.3 is 0 Å². The van der Waals surface area contributed by atoms with Gasteiger partial charge < -0.3 is 10.0 Å². The maximum Gasteiger partial charge on any atom is 0.245 e. The predicted molar refractivity (Wildman–Crippen MR) is 92.2 cm³/mol. The molecule has 0 amide bonds. The fourth-order valence-corrected chi connectivity index (χ4v) is 3.88. The summed E-state index contributed by atoms with van der Waals surface area (Å²) in [4.78, 5) is 2.10. The monoisotopic (exact) mass is 347 g/mol. The number of benzene rings is 1. The number of rotatable bonds is 6. The topological polar surface area (TPSA) is 67.1 Å². The van der Waals surface area contributed by atoms with Crippen LogP contribution in [0.15, 0.2) is 24.3 Å². The van der Waals surface area contributed by atoms with Gasteiger partial charge in [-0.05, 0) is 59.7 Å². The minimum absolute atomic E-state index is 0.0997. The molecule has 0 aliphatic heterocycles. The van der Waals surface area contributed by atoms with Gasteiger partial charge in [-0.2, -0.15) is 0 Å². The summed E-state index contributed by atoms with van der Waals surface area (Å²) in [6.07, 6.45) is 3.88. The van der Waals surface area contributed by atoms with E-state index in [9.17, 15) is 5.11 Å². The van der Waals surface area contributed by atoms with Gasteiger partial charge in [0.25, 0.3) is 0 Å². The van der Waals surface area contributed by atoms with E-state index in [0.717, 1.165) is 49.7 Å². The number of halogens is 1. The molecule has 2 saturated carbocycles. The quantitative estimate of drug-likeness (QED) is 0.868. The number of tetrazole rings is 1. The summed E-state index contributed by atoms with van der Waals surface area (Å²) in [5, 5.41) is 22.5. The van der Waals surface area contributed by atoms with Crippen LogP contribution in [0.3, 0.4) is 0 Å². The fourth-order valence-electron chi connectivity index (χ4n) is 3.69. The van der Waals surface area contributed by atoms with Gasteiger partial charge in [0.1, 0.15) is 0 Å². The molecule has 0 radical (unpaired) electrons. The highest BCUT2D eigenvalue weighted by Crippen LogP contribution is 2.50. The van der Waals surface area contributed by atoms with Crippen LogP contribution in [0.4, 0.5) is 5.95 Å². The SMILES string of the molecule is CN(CC1CC(O)C1)c1nnnn1CC1(c2cccc(Cl)c2)CC1. The third-order valence-electron chi connectivity index (χ3n) is 5.34. The Morgan fingerprint density at radius 2 is 2.17 bits per heavy atom. The van der Waals surface area contributed by atoms with E-state index in [0.29, 0.717) is 5.92 Å². The number of anilines is 1. The predicted octanol–water partition coefficient (Wildman–Crippen LogP) is 2.27. The summed E-state index contributed by atoms with van der Waals surface area (Å²) in [5.74, 6) is 1.32. The van der Waals surface area contributed by atoms with Crippen molar-refractivity contribution in [2.75, 3.05) is 18.5 Å². The van der Waals surface area contributed by atoms with Crippen molar-refractivity contribution < 1.29 is 5.11 Å². The van der Waals surface area contributed by atoms with Crippen molar-refractivity contribution in [3.8, 4) is 0 Å². The smallest absolute Gasteiger partial charge is 0.245 e. The zero-order valence-electron chi connectivity index (χ0n) is 13.8. The summed E-state index contributed by atoms with van der Waals surface area (Å²) in [5.41, 5.74) is 1.36. The van der Waals surface area contributed by atoms with Crippen LogP contribution in [-0.4, -0.2) is 45.0 Å². The lowest BCUT2D eigenvalue weighted by Crippen LogP contribution is -2.38. The van der Waals surface area contributed by atoms with Gasteiger partial charge in [0.2, 0.25) is 5.95 Å². The van der Waals surface area contributed by atoms with Crippen molar-refractivity contribution in [3.63, 3.8) is 0 Å². The molecule has 2 aliphatic rings. The second-order valence-electron chi connectivity index (χ2n) is 7.30. The minimum atomic E-state index is -0.128. The lowest BCUT2D eigenvalue weighted by molar-refractivity contribution is 0.0463. The van der Waals surface area contributed by atoms with E-state index in [1.54, 1.807) is 0 Å². The first kappa shape index (κ1) is 15.8. The first-order valence-electron chi connectivity index (χ1n) is 8.47. The highest BCUT2D eigenvalue weighted by molar-refractivity contribution is 6.30. The molecule has 6 nitrogen and oxygen atoms in total. The summed E-state index contributed by atoms with van der Waals surface area (Å²) in [6.45, 7) is 1.65. The molecule has 1 N–H and O–H groups in total. The molecular weight excluding hydrogens is 326 g/mol. The molecule has 0 atom stereocenters. The molecular formula is C17H22ClN5O. The van der Waals surface area contributed by atoms with Crippen LogP contribution in [-0.2, 0) is 12.0 Å². The van der Waals surface area contributed by atoms with Crippen molar-refractivity contribution in [2.45, 2.75) is 43.7 Å². The zero-order chi connectivity index (χ0) is 16.7. The molecule has 128 valence electrons. The maximum atomic E-state index is 9.45. The maximum absolute atomic E-state index is 9.45. The van der Waals surface area contributed by atoms with E-state index in [4.69, 9.17) is 11.6 Å². The average Bonchev–Trinajstić information content (AvgIpc) is 3.15.